The summed E-state index contributed by atoms with van der Waals surface area (Å²) in [6.45, 7) is 3.55. The molecule has 2 N–H and O–H groups in total. The van der Waals surface area contributed by atoms with Crippen LogP contribution in [0, 0.1) is 6.92 Å². The zero-order chi connectivity index (χ0) is 10.9. The molecule has 0 spiro atoms. The molecule has 1 heterocycles. The molecular formula is C10H16ClNO3. The second-order valence-corrected chi connectivity index (χ2v) is 3.37. The molecule has 0 aliphatic heterocycles. The summed E-state index contributed by atoms with van der Waals surface area (Å²) in [6.07, 6.45) is -0.336. The minimum absolute atomic E-state index is 0. The van der Waals surface area contributed by atoms with Crippen molar-refractivity contribution in [2.24, 2.45) is 7.05 Å². The van der Waals surface area contributed by atoms with Crippen molar-refractivity contribution >= 4 is 12.4 Å². The number of aromatic nitrogens is 1. The third-order valence-corrected chi connectivity index (χ3v) is 2.41. The molecule has 86 valence electrons. The zero-order valence-electron chi connectivity index (χ0n) is 9.02. The summed E-state index contributed by atoms with van der Waals surface area (Å²) >= 11 is 0. The number of nitrogens with zero attached hydrogens (tertiary/aromatic N) is 1. The highest BCUT2D eigenvalue weighted by atomic mass is 35.5. The van der Waals surface area contributed by atoms with E-state index < -0.39 is 11.5 Å². The molecule has 0 aliphatic carbocycles. The van der Waals surface area contributed by atoms with Gasteiger partial charge in [-0.15, -0.1) is 12.4 Å². The van der Waals surface area contributed by atoms with Crippen LogP contribution in [0.5, 0.6) is 5.75 Å². The van der Waals surface area contributed by atoms with Crippen LogP contribution in [-0.2, 0) is 7.05 Å². The van der Waals surface area contributed by atoms with E-state index in [9.17, 15) is 15.0 Å². The second-order valence-electron chi connectivity index (χ2n) is 3.37. The molecule has 0 saturated carbocycles. The molecule has 1 rings (SSSR count). The van der Waals surface area contributed by atoms with E-state index in [0.29, 0.717) is 6.42 Å². The Bertz CT molecular complexity index is 400. The molecule has 1 aromatic rings. The second kappa shape index (κ2) is 5.19. The maximum atomic E-state index is 11.3. The average molecular weight is 234 g/mol. The summed E-state index contributed by atoms with van der Waals surface area (Å²) in [7, 11) is 1.71. The van der Waals surface area contributed by atoms with Crippen molar-refractivity contribution in [1.29, 1.82) is 0 Å². The maximum absolute atomic E-state index is 11.3. The van der Waals surface area contributed by atoms with Crippen LogP contribution in [-0.4, -0.2) is 14.8 Å². The van der Waals surface area contributed by atoms with Crippen LogP contribution in [0.1, 0.15) is 30.8 Å². The number of halogens is 1. The van der Waals surface area contributed by atoms with E-state index in [0.717, 1.165) is 5.69 Å². The van der Waals surface area contributed by atoms with Gasteiger partial charge in [-0.3, -0.25) is 4.79 Å². The predicted molar refractivity (Wildman–Crippen MR) is 60.6 cm³/mol. The lowest BCUT2D eigenvalue weighted by Crippen LogP contribution is -2.16. The number of hydrogen-bond acceptors (Lipinski definition) is 3. The van der Waals surface area contributed by atoms with Crippen molar-refractivity contribution in [3.63, 3.8) is 0 Å². The van der Waals surface area contributed by atoms with Crippen molar-refractivity contribution in [2.75, 3.05) is 0 Å². The van der Waals surface area contributed by atoms with Crippen LogP contribution < -0.4 is 5.43 Å². The molecule has 15 heavy (non-hydrogen) atoms. The van der Waals surface area contributed by atoms with Gasteiger partial charge in [0.1, 0.15) is 0 Å². The van der Waals surface area contributed by atoms with Gasteiger partial charge in [-0.25, -0.2) is 0 Å². The fourth-order valence-electron chi connectivity index (χ4n) is 1.40. The Morgan fingerprint density at radius 1 is 1.53 bits per heavy atom. The minimum Gasteiger partial charge on any atom is -0.503 e. The van der Waals surface area contributed by atoms with Crippen LogP contribution in [0.25, 0.3) is 0 Å². The van der Waals surface area contributed by atoms with Crippen molar-refractivity contribution in [1.82, 2.24) is 4.57 Å². The van der Waals surface area contributed by atoms with E-state index in [4.69, 9.17) is 0 Å². The van der Waals surface area contributed by atoms with Crippen molar-refractivity contribution in [3.05, 3.63) is 27.7 Å². The number of hydrogen-bond donors (Lipinski definition) is 2. The lowest BCUT2D eigenvalue weighted by Gasteiger charge is -2.17. The van der Waals surface area contributed by atoms with E-state index in [1.165, 1.54) is 6.07 Å². The van der Waals surface area contributed by atoms with Crippen LogP contribution in [0.15, 0.2) is 10.9 Å². The average Bonchev–Trinajstić information content (AvgIpc) is 2.15. The third kappa shape index (κ3) is 2.52. The largest absolute Gasteiger partial charge is 0.503 e. The summed E-state index contributed by atoms with van der Waals surface area (Å²) in [6, 6.07) is 1.35. The molecule has 1 unspecified atom stereocenters. The fourth-order valence-corrected chi connectivity index (χ4v) is 1.40. The molecule has 5 heteroatoms. The first-order valence-electron chi connectivity index (χ1n) is 4.56. The summed E-state index contributed by atoms with van der Waals surface area (Å²) in [5.74, 6) is -0.354. The van der Waals surface area contributed by atoms with Crippen LogP contribution >= 0.6 is 12.4 Å². The molecule has 0 saturated heterocycles. The lowest BCUT2D eigenvalue weighted by atomic mass is 10.1. The van der Waals surface area contributed by atoms with Gasteiger partial charge in [-0.05, 0) is 13.3 Å². The Kier molecular flexibility index (Phi) is 4.84. The van der Waals surface area contributed by atoms with E-state index in [1.807, 2.05) is 0 Å². The third-order valence-electron chi connectivity index (χ3n) is 2.41. The minimum atomic E-state index is -0.799. The molecule has 0 bridgehead atoms. The number of pyridine rings is 1. The molecule has 0 radical (unpaired) electrons. The van der Waals surface area contributed by atoms with E-state index in [-0.39, 0.29) is 23.9 Å². The van der Waals surface area contributed by atoms with Gasteiger partial charge >= 0.3 is 0 Å². The standard InChI is InChI=1S/C10H15NO3.ClH/c1-4-7(12)9-10(14)8(13)5-6(2)11(9)3;/h5,7,12,14H,4H2,1-3H3;1H. The summed E-state index contributed by atoms with van der Waals surface area (Å²) in [5, 5.41) is 19.1. The topological polar surface area (TPSA) is 62.5 Å². The highest BCUT2D eigenvalue weighted by Gasteiger charge is 2.16. The smallest absolute Gasteiger partial charge is 0.223 e. The van der Waals surface area contributed by atoms with Crippen LogP contribution in [0.4, 0.5) is 0 Å². The van der Waals surface area contributed by atoms with Gasteiger partial charge in [0.2, 0.25) is 5.43 Å². The fraction of sp³-hybridized carbons (Fsp3) is 0.500. The van der Waals surface area contributed by atoms with Gasteiger partial charge < -0.3 is 14.8 Å². The van der Waals surface area contributed by atoms with Crippen molar-refractivity contribution < 1.29 is 10.2 Å². The van der Waals surface area contributed by atoms with Crippen LogP contribution in [0.3, 0.4) is 0 Å². The van der Waals surface area contributed by atoms with Crippen molar-refractivity contribution in [2.45, 2.75) is 26.4 Å². The molecule has 0 aliphatic rings. The summed E-state index contributed by atoms with van der Waals surface area (Å²) in [5.41, 5.74) is 0.566. The molecule has 0 fully saturated rings. The van der Waals surface area contributed by atoms with Gasteiger partial charge in [0.15, 0.2) is 5.75 Å². The zero-order valence-corrected chi connectivity index (χ0v) is 9.84. The van der Waals surface area contributed by atoms with Crippen LogP contribution in [0.2, 0.25) is 0 Å². The Hall–Kier alpha value is -1.00. The molecule has 1 aromatic heterocycles. The Morgan fingerprint density at radius 3 is 2.53 bits per heavy atom. The molecular weight excluding hydrogens is 218 g/mol. The Labute approximate surface area is 94.6 Å². The maximum Gasteiger partial charge on any atom is 0.223 e. The van der Waals surface area contributed by atoms with Crippen molar-refractivity contribution in [3.8, 4) is 5.75 Å². The van der Waals surface area contributed by atoms with E-state index in [2.05, 4.69) is 0 Å². The normalized spacial score (nSPS) is 12.0. The SMILES string of the molecule is CCC(O)c1c(O)c(=O)cc(C)n1C.Cl. The highest BCUT2D eigenvalue weighted by Crippen LogP contribution is 2.23. The lowest BCUT2D eigenvalue weighted by molar-refractivity contribution is 0.159. The first kappa shape index (κ1) is 14.0. The van der Waals surface area contributed by atoms with Gasteiger partial charge in [0.25, 0.3) is 0 Å². The van der Waals surface area contributed by atoms with E-state index >= 15 is 0 Å². The summed E-state index contributed by atoms with van der Waals surface area (Å²) in [4.78, 5) is 11.3. The molecule has 0 aromatic carbocycles. The number of rotatable bonds is 2. The predicted octanol–water partition coefficient (Wildman–Crippen LogP) is 1.26. The Morgan fingerprint density at radius 2 is 2.07 bits per heavy atom. The molecule has 1 atom stereocenters. The molecule has 4 nitrogen and oxygen atoms in total. The van der Waals surface area contributed by atoms with Gasteiger partial charge in [0, 0.05) is 18.8 Å². The number of aryl methyl sites for hydroxylation is 1. The molecule has 0 amide bonds. The van der Waals surface area contributed by atoms with Gasteiger partial charge in [0.05, 0.1) is 11.8 Å². The quantitative estimate of drug-likeness (QED) is 0.809. The first-order chi connectivity index (χ1) is 6.49. The number of aliphatic hydroxyl groups excluding tert-OH is 1. The van der Waals surface area contributed by atoms with Gasteiger partial charge in [-0.2, -0.15) is 0 Å². The monoisotopic (exact) mass is 233 g/mol. The first-order valence-corrected chi connectivity index (χ1v) is 4.56. The van der Waals surface area contributed by atoms with E-state index in [1.54, 1.807) is 25.5 Å². The Balaban J connectivity index is 0.00000196. The number of aromatic hydroxyl groups is 1. The summed E-state index contributed by atoms with van der Waals surface area (Å²) < 4.78 is 1.63. The highest BCUT2D eigenvalue weighted by molar-refractivity contribution is 5.85. The van der Waals surface area contributed by atoms with Gasteiger partial charge in [-0.1, -0.05) is 6.92 Å². The number of aliphatic hydroxyl groups is 1.